The molecule has 4 aliphatic carbocycles. The summed E-state index contributed by atoms with van der Waals surface area (Å²) >= 11 is 0. The van der Waals surface area contributed by atoms with Crippen LogP contribution in [0.1, 0.15) is 77.2 Å². The first-order valence-corrected chi connectivity index (χ1v) is 13.1. The lowest BCUT2D eigenvalue weighted by Crippen LogP contribution is -2.69. The van der Waals surface area contributed by atoms with Gasteiger partial charge in [0.25, 0.3) is 0 Å². The predicted molar refractivity (Wildman–Crippen MR) is 127 cm³/mol. The smallest absolute Gasteiger partial charge is 0.157 e. The van der Waals surface area contributed by atoms with E-state index < -0.39 is 5.60 Å². The van der Waals surface area contributed by atoms with Gasteiger partial charge < -0.3 is 15.6 Å². The fourth-order valence-corrected chi connectivity index (χ4v) is 9.29. The number of methoxy groups -OCH3 is 1. The minimum atomic E-state index is -0.688. The Morgan fingerprint density at radius 2 is 1.91 bits per heavy atom. The number of aryl methyl sites for hydroxylation is 1. The molecule has 4 saturated carbocycles. The van der Waals surface area contributed by atoms with Crippen molar-refractivity contribution in [2.75, 3.05) is 13.7 Å². The second-order valence-electron chi connectivity index (χ2n) is 12.7. The van der Waals surface area contributed by atoms with Crippen molar-refractivity contribution in [2.45, 2.75) is 96.2 Å². The highest BCUT2D eigenvalue weighted by atomic mass is 16.5. The van der Waals surface area contributed by atoms with Crippen LogP contribution in [0.5, 0.6) is 0 Å². The van der Waals surface area contributed by atoms with Gasteiger partial charge in [0.2, 0.25) is 0 Å². The molecule has 4 aliphatic rings. The van der Waals surface area contributed by atoms with E-state index in [1.54, 1.807) is 11.8 Å². The third-order valence-corrected chi connectivity index (χ3v) is 10.9. The third kappa shape index (κ3) is 3.54. The van der Waals surface area contributed by atoms with E-state index in [4.69, 9.17) is 10.5 Å². The summed E-state index contributed by atoms with van der Waals surface area (Å²) in [5.41, 5.74) is 7.81. The van der Waals surface area contributed by atoms with Gasteiger partial charge in [0.05, 0.1) is 24.9 Å². The van der Waals surface area contributed by atoms with Crippen molar-refractivity contribution < 1.29 is 14.6 Å². The summed E-state index contributed by atoms with van der Waals surface area (Å²) < 4.78 is 7.16. The Morgan fingerprint density at radius 1 is 1.15 bits per heavy atom. The zero-order chi connectivity index (χ0) is 23.6. The van der Waals surface area contributed by atoms with Crippen LogP contribution in [0.3, 0.4) is 0 Å². The van der Waals surface area contributed by atoms with Crippen molar-refractivity contribution >= 4 is 5.78 Å². The Balaban J connectivity index is 1.37. The van der Waals surface area contributed by atoms with Gasteiger partial charge in [-0.05, 0) is 98.9 Å². The normalized spacial score (nSPS) is 47.0. The Hall–Kier alpha value is -1.24. The fourth-order valence-electron chi connectivity index (χ4n) is 9.29. The van der Waals surface area contributed by atoms with E-state index in [2.05, 4.69) is 18.9 Å². The van der Waals surface area contributed by atoms with Gasteiger partial charge in [-0.1, -0.05) is 13.8 Å². The molecule has 0 amide bonds. The minimum Gasteiger partial charge on any atom is -0.387 e. The van der Waals surface area contributed by atoms with E-state index in [0.717, 1.165) is 63.4 Å². The molecule has 0 aliphatic heterocycles. The first-order chi connectivity index (χ1) is 15.5. The summed E-state index contributed by atoms with van der Waals surface area (Å²) in [7, 11) is 1.69. The molecule has 1 aromatic heterocycles. The van der Waals surface area contributed by atoms with Crippen molar-refractivity contribution in [3.63, 3.8) is 0 Å². The summed E-state index contributed by atoms with van der Waals surface area (Å²) in [5.74, 6) is 1.77. The number of Topliss-reactive ketones (excluding diaryl/α,β-unsaturated/α-hetero) is 1. The van der Waals surface area contributed by atoms with Gasteiger partial charge in [0, 0.05) is 24.8 Å². The second kappa shape index (κ2) is 7.89. The van der Waals surface area contributed by atoms with Crippen LogP contribution in [-0.2, 0) is 16.1 Å². The number of nitrogens with two attached hydrogens (primary N) is 1. The maximum atomic E-state index is 13.4. The molecule has 0 bridgehead atoms. The van der Waals surface area contributed by atoms with Gasteiger partial charge in [-0.2, -0.15) is 5.10 Å². The predicted octanol–water partition coefficient (Wildman–Crippen LogP) is 3.88. The molecule has 5 rings (SSSR count). The first-order valence-electron chi connectivity index (χ1n) is 13.1. The molecule has 1 aromatic rings. The van der Waals surface area contributed by atoms with Gasteiger partial charge >= 0.3 is 0 Å². The average Bonchev–Trinajstić information content (AvgIpc) is 3.32. The van der Waals surface area contributed by atoms with Crippen LogP contribution in [0.25, 0.3) is 0 Å². The van der Waals surface area contributed by atoms with Crippen LogP contribution in [0.2, 0.25) is 0 Å². The quantitative estimate of drug-likeness (QED) is 0.700. The molecule has 8 atom stereocenters. The summed E-state index contributed by atoms with van der Waals surface area (Å²) in [4.78, 5) is 13.4. The maximum absolute atomic E-state index is 13.4. The van der Waals surface area contributed by atoms with Gasteiger partial charge in [0.1, 0.15) is 0 Å². The molecule has 2 unspecified atom stereocenters. The highest BCUT2D eigenvalue weighted by Gasteiger charge is 2.67. The molecule has 33 heavy (non-hydrogen) atoms. The largest absolute Gasteiger partial charge is 0.387 e. The number of aliphatic hydroxyl groups is 1. The maximum Gasteiger partial charge on any atom is 0.157 e. The van der Waals surface area contributed by atoms with E-state index >= 15 is 0 Å². The highest BCUT2D eigenvalue weighted by Crippen LogP contribution is 2.68. The van der Waals surface area contributed by atoms with Gasteiger partial charge in [-0.25, -0.2) is 0 Å². The lowest BCUT2D eigenvalue weighted by Gasteiger charge is -2.66. The van der Waals surface area contributed by atoms with Crippen LogP contribution in [0, 0.1) is 41.4 Å². The Bertz CT molecular complexity index is 916. The average molecular weight is 458 g/mol. The molecule has 184 valence electrons. The number of nitrogens with zero attached hydrogens (tertiary/aromatic N) is 2. The number of ketones is 1. The van der Waals surface area contributed by atoms with Crippen molar-refractivity contribution in [2.24, 2.45) is 40.2 Å². The molecular formula is C27H43N3O3. The number of rotatable bonds is 5. The van der Waals surface area contributed by atoms with E-state index in [1.807, 2.05) is 19.3 Å². The number of hydrogen-bond donors (Lipinski definition) is 2. The Labute approximate surface area is 198 Å². The van der Waals surface area contributed by atoms with Crippen molar-refractivity contribution in [3.8, 4) is 0 Å². The summed E-state index contributed by atoms with van der Waals surface area (Å²) in [6.45, 7) is 7.63. The van der Waals surface area contributed by atoms with Crippen LogP contribution in [0.4, 0.5) is 0 Å². The third-order valence-electron chi connectivity index (χ3n) is 10.9. The number of hydrogen-bond acceptors (Lipinski definition) is 5. The Morgan fingerprint density at radius 3 is 2.61 bits per heavy atom. The van der Waals surface area contributed by atoms with Gasteiger partial charge in [0.15, 0.2) is 5.78 Å². The highest BCUT2D eigenvalue weighted by molar-refractivity contribution is 5.82. The number of carbonyl (C=O) groups is 1. The molecule has 6 nitrogen and oxygen atoms in total. The van der Waals surface area contributed by atoms with Crippen molar-refractivity contribution in [1.29, 1.82) is 0 Å². The van der Waals surface area contributed by atoms with Gasteiger partial charge in [-0.15, -0.1) is 0 Å². The SMILES string of the molecule is COC[C@@]1(O)CC[C@@]2(C)[C@@H](CCC3(N)[C@@H]4CC[C@H](C(=O)Cn5cc(C)cn5)C4(C)CC[C@@H]32)C1. The fraction of sp³-hybridized carbons (Fsp3) is 0.852. The number of fused-ring (bicyclic) bond motifs is 5. The molecule has 3 N–H and O–H groups in total. The standard InChI is InChI=1S/C27H43N3O3/c1-18-14-29-30(15-18)16-21(31)20-5-6-22-25(20,3)9-8-23-24(2)11-12-26(32,17-33-4)13-19(24)7-10-27(22,23)28/h14-15,19-20,22-23,32H,5-13,16-17,28H2,1-4H3/t19-,20+,22+,23+,24-,25?,26+,27?/m0/s1. The molecule has 0 spiro atoms. The minimum absolute atomic E-state index is 0.0147. The molecule has 4 fully saturated rings. The van der Waals surface area contributed by atoms with E-state index in [9.17, 15) is 9.90 Å². The number of ether oxygens (including phenoxy) is 1. The zero-order valence-electron chi connectivity index (χ0n) is 21.0. The van der Waals surface area contributed by atoms with E-state index in [0.29, 0.717) is 36.7 Å². The molecule has 0 aromatic carbocycles. The van der Waals surface area contributed by atoms with Gasteiger partial charge in [-0.3, -0.25) is 9.48 Å². The molecule has 0 saturated heterocycles. The molecule has 0 radical (unpaired) electrons. The topological polar surface area (TPSA) is 90.4 Å². The second-order valence-corrected chi connectivity index (χ2v) is 12.7. The zero-order valence-corrected chi connectivity index (χ0v) is 21.0. The van der Waals surface area contributed by atoms with Crippen molar-refractivity contribution in [3.05, 3.63) is 18.0 Å². The van der Waals surface area contributed by atoms with Crippen LogP contribution < -0.4 is 5.73 Å². The van der Waals surface area contributed by atoms with Crippen molar-refractivity contribution in [1.82, 2.24) is 9.78 Å². The molecular weight excluding hydrogens is 414 g/mol. The lowest BCUT2D eigenvalue weighted by molar-refractivity contribution is -0.171. The molecule has 1 heterocycles. The van der Waals surface area contributed by atoms with E-state index in [1.165, 1.54) is 0 Å². The monoisotopic (exact) mass is 457 g/mol. The van der Waals surface area contributed by atoms with Crippen LogP contribution in [-0.4, -0.2) is 45.5 Å². The first kappa shape index (κ1) is 23.5. The Kier molecular flexibility index (Phi) is 5.62. The molecule has 6 heteroatoms. The summed E-state index contributed by atoms with van der Waals surface area (Å²) in [6, 6.07) is 0. The number of aromatic nitrogens is 2. The summed E-state index contributed by atoms with van der Waals surface area (Å²) in [5, 5.41) is 15.4. The number of carbonyl (C=O) groups excluding carboxylic acids is 1. The van der Waals surface area contributed by atoms with Crippen LogP contribution in [0.15, 0.2) is 12.4 Å². The lowest BCUT2D eigenvalue weighted by atomic mass is 9.41. The van der Waals surface area contributed by atoms with E-state index in [-0.39, 0.29) is 22.3 Å². The summed E-state index contributed by atoms with van der Waals surface area (Å²) in [6.07, 6.45) is 12.7. The van der Waals surface area contributed by atoms with Crippen LogP contribution >= 0.6 is 0 Å².